The van der Waals surface area contributed by atoms with Crippen LogP contribution in [0.15, 0.2) is 54.6 Å². The lowest BCUT2D eigenvalue weighted by Gasteiger charge is -2.32. The van der Waals surface area contributed by atoms with Crippen molar-refractivity contribution in [2.24, 2.45) is 0 Å². The number of phenolic OH excluding ortho intramolecular Hbond substituents is 1. The maximum absolute atomic E-state index is 9.96. The highest BCUT2D eigenvalue weighted by Gasteiger charge is 2.26. The van der Waals surface area contributed by atoms with Crippen LogP contribution < -0.4 is 19.1 Å². The van der Waals surface area contributed by atoms with Crippen LogP contribution in [0.4, 0.5) is 5.69 Å². The third-order valence-corrected chi connectivity index (χ3v) is 8.69. The molecule has 1 fully saturated rings. The van der Waals surface area contributed by atoms with Gasteiger partial charge in [-0.15, -0.1) is 0 Å². The van der Waals surface area contributed by atoms with E-state index in [1.807, 2.05) is 6.07 Å². The topological polar surface area (TPSA) is 63.6 Å². The molecule has 226 valence electrons. The van der Waals surface area contributed by atoms with Gasteiger partial charge < -0.3 is 33.9 Å². The summed E-state index contributed by atoms with van der Waals surface area (Å²) >= 11 is 0. The van der Waals surface area contributed by atoms with Crippen molar-refractivity contribution in [1.29, 1.82) is 0 Å². The van der Waals surface area contributed by atoms with Gasteiger partial charge >= 0.3 is 0 Å². The molecule has 7 heteroatoms. The van der Waals surface area contributed by atoms with Crippen molar-refractivity contribution in [2.75, 3.05) is 59.0 Å². The van der Waals surface area contributed by atoms with Crippen LogP contribution in [0.1, 0.15) is 54.4 Å². The van der Waals surface area contributed by atoms with Crippen molar-refractivity contribution in [3.8, 4) is 23.0 Å². The van der Waals surface area contributed by atoms with Crippen molar-refractivity contribution >= 4 is 5.69 Å². The quantitative estimate of drug-likeness (QED) is 0.261. The maximum Gasteiger partial charge on any atom is 0.162 e. The molecular weight excluding hydrogens is 528 g/mol. The van der Waals surface area contributed by atoms with E-state index in [0.717, 1.165) is 75.7 Å². The van der Waals surface area contributed by atoms with Gasteiger partial charge in [0.15, 0.2) is 11.5 Å². The molecule has 2 atom stereocenters. The SMILES string of the molecule is CCN(Cc1ccc(OCCN(C)CC2CCCO2)cc1)c1cc(OC)c(OC)cc1C1CCc2cc(O)ccc2C1. The molecule has 0 amide bonds. The highest BCUT2D eigenvalue weighted by molar-refractivity contribution is 5.64. The molecule has 3 aromatic rings. The van der Waals surface area contributed by atoms with E-state index >= 15 is 0 Å². The number of phenols is 1. The van der Waals surface area contributed by atoms with Crippen LogP contribution in [0.5, 0.6) is 23.0 Å². The Morgan fingerprint density at radius 3 is 2.45 bits per heavy atom. The summed E-state index contributed by atoms with van der Waals surface area (Å²) in [6, 6.07) is 18.6. The average Bonchev–Trinajstić information content (AvgIpc) is 3.52. The Morgan fingerprint density at radius 1 is 0.952 bits per heavy atom. The predicted octanol–water partition coefficient (Wildman–Crippen LogP) is 6.20. The second kappa shape index (κ2) is 14.2. The molecule has 42 heavy (non-hydrogen) atoms. The van der Waals surface area contributed by atoms with Crippen LogP contribution in [0, 0.1) is 0 Å². The first kappa shape index (κ1) is 30.1. The van der Waals surface area contributed by atoms with E-state index in [4.69, 9.17) is 18.9 Å². The van der Waals surface area contributed by atoms with Gasteiger partial charge in [0.05, 0.1) is 20.3 Å². The zero-order valence-electron chi connectivity index (χ0n) is 25.6. The first-order valence-corrected chi connectivity index (χ1v) is 15.3. The summed E-state index contributed by atoms with van der Waals surface area (Å²) < 4.78 is 23.3. The number of fused-ring (bicyclic) bond motifs is 1. The van der Waals surface area contributed by atoms with E-state index in [-0.39, 0.29) is 0 Å². The minimum absolute atomic E-state index is 0.342. The van der Waals surface area contributed by atoms with Crippen molar-refractivity contribution in [2.45, 2.75) is 57.6 Å². The molecule has 0 radical (unpaired) electrons. The second-order valence-corrected chi connectivity index (χ2v) is 11.6. The van der Waals surface area contributed by atoms with Gasteiger partial charge in [-0.1, -0.05) is 18.2 Å². The van der Waals surface area contributed by atoms with Crippen LogP contribution >= 0.6 is 0 Å². The zero-order chi connectivity index (χ0) is 29.5. The highest BCUT2D eigenvalue weighted by Crippen LogP contribution is 2.43. The van der Waals surface area contributed by atoms with Crippen LogP contribution in [-0.4, -0.2) is 70.2 Å². The van der Waals surface area contributed by atoms with E-state index in [2.05, 4.69) is 66.2 Å². The van der Waals surface area contributed by atoms with Crippen molar-refractivity contribution in [1.82, 2.24) is 4.90 Å². The minimum Gasteiger partial charge on any atom is -0.508 e. The lowest BCUT2D eigenvalue weighted by Crippen LogP contribution is -2.32. The predicted molar refractivity (Wildman–Crippen MR) is 168 cm³/mol. The molecule has 1 aliphatic carbocycles. The van der Waals surface area contributed by atoms with Crippen LogP contribution in [0.3, 0.4) is 0 Å². The summed E-state index contributed by atoms with van der Waals surface area (Å²) in [4.78, 5) is 4.71. The Labute approximate surface area is 251 Å². The summed E-state index contributed by atoms with van der Waals surface area (Å²) in [7, 11) is 5.52. The van der Waals surface area contributed by atoms with Crippen molar-refractivity contribution < 1.29 is 24.1 Å². The third kappa shape index (κ3) is 7.31. The third-order valence-electron chi connectivity index (χ3n) is 8.69. The standard InChI is InChI=1S/C35H46N2O5/c1-5-37(23-25-8-14-30(15-9-25)42-18-16-36(2)24-31-7-6-17-41-31)33-22-35(40-4)34(39-3)21-32(33)28-11-10-27-20-29(38)13-12-26(27)19-28/h8-9,12-15,20-22,28,31,38H,5-7,10-11,16-19,23-24H2,1-4H3. The fraction of sp³-hybridized carbons (Fsp3) is 0.486. The van der Waals surface area contributed by atoms with Gasteiger partial charge in [-0.25, -0.2) is 0 Å². The van der Waals surface area contributed by atoms with Gasteiger partial charge in [-0.3, -0.25) is 0 Å². The molecule has 2 aliphatic rings. The number of likely N-dealkylation sites (N-methyl/N-ethyl adjacent to an activating group) is 1. The molecule has 0 saturated carbocycles. The molecular formula is C35H46N2O5. The lowest BCUT2D eigenvalue weighted by molar-refractivity contribution is 0.0771. The Kier molecular flexibility index (Phi) is 10.1. The Hall–Kier alpha value is -3.42. The largest absolute Gasteiger partial charge is 0.508 e. The summed E-state index contributed by atoms with van der Waals surface area (Å²) in [5, 5.41) is 9.96. The number of nitrogens with zero attached hydrogens (tertiary/aromatic N) is 2. The normalized spacial score (nSPS) is 18.1. The number of ether oxygens (including phenoxy) is 4. The highest BCUT2D eigenvalue weighted by atomic mass is 16.5. The molecule has 3 aromatic carbocycles. The Morgan fingerprint density at radius 2 is 1.74 bits per heavy atom. The van der Waals surface area contributed by atoms with E-state index in [1.165, 1.54) is 34.4 Å². The number of rotatable bonds is 13. The summed E-state index contributed by atoms with van der Waals surface area (Å²) in [5.74, 6) is 3.08. The fourth-order valence-corrected chi connectivity index (χ4v) is 6.32. The zero-order valence-corrected chi connectivity index (χ0v) is 25.6. The summed E-state index contributed by atoms with van der Waals surface area (Å²) in [6.07, 6.45) is 5.60. The second-order valence-electron chi connectivity index (χ2n) is 11.6. The molecule has 1 saturated heterocycles. The molecule has 1 heterocycles. The van der Waals surface area contributed by atoms with Gasteiger partial charge in [0.1, 0.15) is 18.1 Å². The molecule has 2 unspecified atom stereocenters. The number of aryl methyl sites for hydroxylation is 1. The number of hydrogen-bond donors (Lipinski definition) is 1. The number of anilines is 1. The first-order valence-electron chi connectivity index (χ1n) is 15.3. The van der Waals surface area contributed by atoms with Crippen LogP contribution in [0.2, 0.25) is 0 Å². The fourth-order valence-electron chi connectivity index (χ4n) is 6.32. The molecule has 5 rings (SSSR count). The molecule has 0 bridgehead atoms. The number of benzene rings is 3. The van der Waals surface area contributed by atoms with Crippen molar-refractivity contribution in [3.05, 3.63) is 76.9 Å². The summed E-state index contributed by atoms with van der Waals surface area (Å²) in [5.41, 5.74) is 6.24. The number of aromatic hydroxyl groups is 1. The van der Waals surface area contributed by atoms with Crippen LogP contribution in [-0.2, 0) is 24.1 Å². The summed E-state index contributed by atoms with van der Waals surface area (Å²) in [6.45, 7) is 7.22. The lowest BCUT2D eigenvalue weighted by atomic mass is 9.79. The molecule has 1 aliphatic heterocycles. The van der Waals surface area contributed by atoms with E-state index in [0.29, 0.717) is 24.4 Å². The van der Waals surface area contributed by atoms with Gasteiger partial charge in [-0.2, -0.15) is 0 Å². The first-order chi connectivity index (χ1) is 20.5. The van der Waals surface area contributed by atoms with Gasteiger partial charge in [0.25, 0.3) is 0 Å². The van der Waals surface area contributed by atoms with Gasteiger partial charge in [0.2, 0.25) is 0 Å². The molecule has 7 nitrogen and oxygen atoms in total. The maximum atomic E-state index is 9.96. The molecule has 0 spiro atoms. The van der Waals surface area contributed by atoms with E-state index in [9.17, 15) is 5.11 Å². The smallest absolute Gasteiger partial charge is 0.162 e. The number of hydrogen-bond acceptors (Lipinski definition) is 7. The van der Waals surface area contributed by atoms with Crippen molar-refractivity contribution in [3.63, 3.8) is 0 Å². The monoisotopic (exact) mass is 574 g/mol. The van der Waals surface area contributed by atoms with E-state index in [1.54, 1.807) is 20.3 Å². The molecule has 1 N–H and O–H groups in total. The van der Waals surface area contributed by atoms with Gasteiger partial charge in [0, 0.05) is 44.5 Å². The van der Waals surface area contributed by atoms with Gasteiger partial charge in [-0.05, 0) is 105 Å². The van der Waals surface area contributed by atoms with E-state index < -0.39 is 0 Å². The minimum atomic E-state index is 0.342. The van der Waals surface area contributed by atoms with Crippen LogP contribution in [0.25, 0.3) is 0 Å². The number of methoxy groups -OCH3 is 2. The Bertz CT molecular complexity index is 1310. The Balaban J connectivity index is 1.28. The average molecular weight is 575 g/mol. The molecule has 0 aromatic heterocycles.